The molecule has 0 spiro atoms. The molecule has 648 valence electrons. The SMILES string of the molecule is CNC(=O)c1ccccc1Sc1ccc(C(=N)/C=C/c2ccccn2)c(NC(=O)N(CCC(=O)N[C@@H](CCN)C(=O)N[C@@H](CO)C(=O)N[C@@H](CCN)C(=O)N[C@H]2CCNC(=O)[C@H]([C@@H](C)O)NC(=O)[C@H](CCN)NC(=O)[C@H](CCN)NC(=O)[C@H](CC(C)C)NC(=O)[C@@H](Cc3ccccc3)NC(=O)[C@H](CCN)NC2=O)C(=O)[C@H](CCSC)NC=O)c1. The molecule has 39 nitrogen and oxygen atoms in total. The van der Waals surface area contributed by atoms with Gasteiger partial charge in [-0.3, -0.25) is 77.0 Å². The molecule has 1 aliphatic rings. The summed E-state index contributed by atoms with van der Waals surface area (Å²) in [7, 11) is 1.48. The van der Waals surface area contributed by atoms with Crippen molar-refractivity contribution < 1.29 is 82.1 Å². The number of amides is 16. The number of nitrogens with one attached hydrogen (secondary N) is 15. The standard InChI is InChI=1S/C78H112N22O17S2/c1-44(2)39-60-73(112)92-53(23-31-80)68(107)91-56(26-34-83)72(111)99-65(45(3)103)76(115)87-36-27-57(71(110)90-55(25-33-82)70(109)96-61(74(113)95-60)40-46-13-7-6-8-14-46)94-69(108)54(24-32-81)93-75(114)62(42-101)97-67(106)52(22-30-79)89-64(104)28-37-100(77(116)58(88-43-102)29-38-118-5)78(117)98-59-41-48(119-63-17-10-9-16-50(63)66(105)85-4)19-20-49(59)51(84)21-18-47-15-11-12-35-86-47/h6-21,35,41,43-45,52-58,60-62,65,84,101,103H,22-34,36-40,42,79-83H2,1-5H3,(H,85,105)(H,87,115)(H,88,102)(H,89,104)(H,90,110)(H,91,107)(H,92,112)(H,93,114)(H,94,108)(H,95,113)(H,96,109)(H,97,106)(H,98,117)(H,99,111)/b21-18+,84-51?/t45-,52+,53+,54+,55+,56+,57+,58+,60+,61-,62+,65+/m1/s1. The van der Waals surface area contributed by atoms with Crippen molar-refractivity contribution in [3.8, 4) is 0 Å². The van der Waals surface area contributed by atoms with Gasteiger partial charge in [0, 0.05) is 54.5 Å². The number of aromatic nitrogens is 1. The van der Waals surface area contributed by atoms with Crippen LogP contribution in [0.3, 0.4) is 0 Å². The van der Waals surface area contributed by atoms with Crippen LogP contribution in [0.1, 0.15) is 106 Å². The molecule has 4 aromatic rings. The summed E-state index contributed by atoms with van der Waals surface area (Å²) in [5.41, 5.74) is 31.1. The maximum atomic E-state index is 14.8. The number of hydrogen-bond donors (Lipinski definition) is 22. The largest absolute Gasteiger partial charge is 0.394 e. The molecule has 27 N–H and O–H groups in total. The number of aliphatic hydroxyl groups is 2. The lowest BCUT2D eigenvalue weighted by Crippen LogP contribution is -2.61. The zero-order chi connectivity index (χ0) is 87.7. The highest BCUT2D eigenvalue weighted by molar-refractivity contribution is 7.99. The number of anilines is 1. The normalized spacial score (nSPS) is 19.2. The minimum absolute atomic E-state index is 0.00180. The Hall–Kier alpha value is -11.3. The van der Waals surface area contributed by atoms with Gasteiger partial charge < -0.3 is 119 Å². The number of nitrogens with zero attached hydrogens (tertiary/aromatic N) is 2. The summed E-state index contributed by atoms with van der Waals surface area (Å²) in [6.07, 6.45) is 2.15. The average molecular weight is 1690 g/mol. The van der Waals surface area contributed by atoms with Crippen LogP contribution in [-0.2, 0) is 68.7 Å². The van der Waals surface area contributed by atoms with Gasteiger partial charge in [-0.25, -0.2) is 4.79 Å². The number of rotatable bonds is 39. The number of urea groups is 1. The molecule has 0 radical (unpaired) electrons. The molecule has 2 heterocycles. The Kier molecular flexibility index (Phi) is 42.8. The van der Waals surface area contributed by atoms with Gasteiger partial charge in [-0.05, 0) is 169 Å². The third-order valence-electron chi connectivity index (χ3n) is 18.4. The van der Waals surface area contributed by atoms with Gasteiger partial charge in [-0.1, -0.05) is 74.1 Å². The summed E-state index contributed by atoms with van der Waals surface area (Å²) >= 11 is 2.49. The molecule has 16 amide bonds. The van der Waals surface area contributed by atoms with E-state index in [0.717, 1.165) is 11.8 Å². The van der Waals surface area contributed by atoms with E-state index in [1.54, 1.807) is 117 Å². The van der Waals surface area contributed by atoms with Crippen molar-refractivity contribution in [1.29, 1.82) is 5.41 Å². The predicted molar refractivity (Wildman–Crippen MR) is 445 cm³/mol. The predicted octanol–water partition coefficient (Wildman–Crippen LogP) is -3.93. The van der Waals surface area contributed by atoms with Gasteiger partial charge >= 0.3 is 6.03 Å². The maximum Gasteiger partial charge on any atom is 0.328 e. The number of thioether (sulfide) groups is 1. The first-order valence-corrected chi connectivity index (χ1v) is 41.0. The zero-order valence-electron chi connectivity index (χ0n) is 67.0. The Bertz CT molecular complexity index is 4150. The van der Waals surface area contributed by atoms with E-state index < -0.39 is 188 Å². The summed E-state index contributed by atoms with van der Waals surface area (Å²) in [5.74, 6) is -12.4. The van der Waals surface area contributed by atoms with E-state index >= 15 is 0 Å². The molecular formula is C78H112N22O17S2. The van der Waals surface area contributed by atoms with E-state index in [4.69, 9.17) is 34.1 Å². The maximum absolute atomic E-state index is 14.8. The topological polar surface area (TPSA) is 635 Å². The van der Waals surface area contributed by atoms with E-state index in [1.165, 1.54) is 37.9 Å². The summed E-state index contributed by atoms with van der Waals surface area (Å²) in [6.45, 7) is 1.10. The van der Waals surface area contributed by atoms with Crippen molar-refractivity contribution in [3.05, 3.63) is 126 Å². The van der Waals surface area contributed by atoms with Gasteiger partial charge in [0.2, 0.25) is 71.4 Å². The van der Waals surface area contributed by atoms with E-state index in [9.17, 15) is 82.1 Å². The fourth-order valence-corrected chi connectivity index (χ4v) is 13.6. The second-order valence-corrected chi connectivity index (χ2v) is 30.1. The van der Waals surface area contributed by atoms with Crippen LogP contribution < -0.4 is 103 Å². The smallest absolute Gasteiger partial charge is 0.328 e. The monoisotopic (exact) mass is 1690 g/mol. The Morgan fingerprint density at radius 3 is 1.78 bits per heavy atom. The van der Waals surface area contributed by atoms with Crippen LogP contribution in [0, 0.1) is 11.3 Å². The number of imide groups is 1. The molecule has 0 aliphatic carbocycles. The lowest BCUT2D eigenvalue weighted by atomic mass is 10.00. The fourth-order valence-electron chi connectivity index (χ4n) is 12.1. The molecule has 0 bridgehead atoms. The first-order valence-electron chi connectivity index (χ1n) is 38.7. The first kappa shape index (κ1) is 98.3. The van der Waals surface area contributed by atoms with E-state index in [0.29, 0.717) is 37.3 Å². The van der Waals surface area contributed by atoms with Crippen molar-refractivity contribution in [3.63, 3.8) is 0 Å². The van der Waals surface area contributed by atoms with Crippen LogP contribution >= 0.6 is 23.5 Å². The molecule has 5 rings (SSSR count). The first-order chi connectivity index (χ1) is 57.0. The van der Waals surface area contributed by atoms with Crippen LogP contribution in [0.15, 0.2) is 113 Å². The van der Waals surface area contributed by atoms with Crippen molar-refractivity contribution in [2.45, 2.75) is 167 Å². The van der Waals surface area contributed by atoms with E-state index in [2.05, 4.69) is 79.4 Å². The molecule has 41 heteroatoms. The molecule has 1 fully saturated rings. The molecule has 0 unspecified atom stereocenters. The Balaban J connectivity index is 1.44. The Labute approximate surface area is 697 Å². The van der Waals surface area contributed by atoms with Crippen LogP contribution in [0.25, 0.3) is 6.08 Å². The molecule has 1 aromatic heterocycles. The molecule has 3 aromatic carbocycles. The Morgan fingerprint density at radius 1 is 0.639 bits per heavy atom. The molecular weight excluding hydrogens is 1580 g/mol. The van der Waals surface area contributed by atoms with Crippen LogP contribution in [0.5, 0.6) is 0 Å². The molecule has 0 saturated carbocycles. The highest BCUT2D eigenvalue weighted by atomic mass is 32.2. The quantitative estimate of drug-likeness (QED) is 0.0150. The van der Waals surface area contributed by atoms with Gasteiger partial charge in [0.1, 0.15) is 66.5 Å². The number of nitrogens with two attached hydrogens (primary N) is 5. The minimum atomic E-state index is -1.91. The van der Waals surface area contributed by atoms with Crippen LogP contribution in [0.4, 0.5) is 10.5 Å². The summed E-state index contributed by atoms with van der Waals surface area (Å²) in [5, 5.41) is 66.1. The third kappa shape index (κ3) is 32.2. The van der Waals surface area contributed by atoms with Crippen molar-refractivity contribution in [1.82, 2.24) is 79.0 Å². The van der Waals surface area contributed by atoms with Crippen LogP contribution in [-0.4, -0.2) is 259 Å². The number of carbonyl (C=O) groups excluding carboxylic acids is 15. The van der Waals surface area contributed by atoms with Crippen molar-refractivity contribution in [2.24, 2.45) is 34.6 Å². The average Bonchev–Trinajstić information content (AvgIpc) is 0.932. The number of allylic oxidation sites excluding steroid dienone is 1. The lowest BCUT2D eigenvalue weighted by Gasteiger charge is -2.28. The van der Waals surface area contributed by atoms with Gasteiger partial charge in [0.05, 0.1) is 35.4 Å². The second kappa shape index (κ2) is 51.8. The summed E-state index contributed by atoms with van der Waals surface area (Å²) < 4.78 is 0. The van der Waals surface area contributed by atoms with Crippen molar-refractivity contribution >= 4 is 130 Å². The number of pyridine rings is 1. The molecule has 119 heavy (non-hydrogen) atoms. The van der Waals surface area contributed by atoms with Gasteiger partial charge in [-0.15, -0.1) is 0 Å². The van der Waals surface area contributed by atoms with Crippen LogP contribution in [0.2, 0.25) is 0 Å². The molecule has 1 aliphatic heterocycles. The van der Waals surface area contributed by atoms with E-state index in [-0.39, 0.29) is 113 Å². The number of aliphatic hydroxyl groups excluding tert-OH is 2. The fraction of sp³-hybridized carbons (Fsp3) is 0.474. The van der Waals surface area contributed by atoms with Gasteiger partial charge in [-0.2, -0.15) is 11.8 Å². The number of carbonyl (C=O) groups is 15. The van der Waals surface area contributed by atoms with E-state index in [1.807, 2.05) is 0 Å². The zero-order valence-corrected chi connectivity index (χ0v) is 68.7. The summed E-state index contributed by atoms with van der Waals surface area (Å²) in [6, 6.07) is 6.58. The highest BCUT2D eigenvalue weighted by Gasteiger charge is 2.38. The number of hydrogen-bond acceptors (Lipinski definition) is 26. The molecule has 12 atom stereocenters. The minimum Gasteiger partial charge on any atom is -0.394 e. The molecule has 1 saturated heterocycles. The van der Waals surface area contributed by atoms with Gasteiger partial charge in [0.25, 0.3) is 11.8 Å². The second-order valence-electron chi connectivity index (χ2n) is 28.0. The Morgan fingerprint density at radius 2 is 1.20 bits per heavy atom. The summed E-state index contributed by atoms with van der Waals surface area (Å²) in [4.78, 5) is 218. The third-order valence-corrected chi connectivity index (χ3v) is 20.1. The highest BCUT2D eigenvalue weighted by Crippen LogP contribution is 2.34. The lowest BCUT2D eigenvalue weighted by molar-refractivity contribution is -0.136. The van der Waals surface area contributed by atoms with Crippen molar-refractivity contribution in [2.75, 3.05) is 76.8 Å². The van der Waals surface area contributed by atoms with Gasteiger partial charge in [0.15, 0.2) is 0 Å². The number of benzene rings is 3.